The molecular formula is C15H21N3O. The van der Waals surface area contributed by atoms with Gasteiger partial charge in [-0.1, -0.05) is 6.42 Å². The minimum Gasteiger partial charge on any atom is -0.396 e. The van der Waals surface area contributed by atoms with E-state index >= 15 is 0 Å². The zero-order chi connectivity index (χ0) is 13.8. The number of nitrogens with one attached hydrogen (secondary N) is 1. The average Bonchev–Trinajstić information content (AvgIpc) is 2.83. The lowest BCUT2D eigenvalue weighted by atomic mass is 9.97. The Labute approximate surface area is 114 Å². The number of pyridine rings is 1. The third kappa shape index (κ3) is 3.05. The van der Waals surface area contributed by atoms with E-state index in [-0.39, 0.29) is 6.61 Å². The molecule has 4 heteroatoms. The van der Waals surface area contributed by atoms with Gasteiger partial charge in [-0.15, -0.1) is 0 Å². The number of anilines is 1. The molecule has 0 saturated heterocycles. The van der Waals surface area contributed by atoms with Crippen LogP contribution in [0.2, 0.25) is 0 Å². The maximum atomic E-state index is 9.33. The van der Waals surface area contributed by atoms with Gasteiger partial charge in [0.2, 0.25) is 0 Å². The highest BCUT2D eigenvalue weighted by atomic mass is 16.3. The highest BCUT2D eigenvalue weighted by Crippen LogP contribution is 2.31. The second-order valence-corrected chi connectivity index (χ2v) is 5.40. The van der Waals surface area contributed by atoms with Crippen molar-refractivity contribution in [3.05, 3.63) is 23.0 Å². The van der Waals surface area contributed by atoms with Crippen LogP contribution >= 0.6 is 0 Å². The second-order valence-electron chi connectivity index (χ2n) is 5.40. The van der Waals surface area contributed by atoms with Crippen LogP contribution in [0.15, 0.2) is 6.07 Å². The van der Waals surface area contributed by atoms with Gasteiger partial charge in [0.25, 0.3) is 0 Å². The van der Waals surface area contributed by atoms with Crippen LogP contribution in [0.3, 0.4) is 0 Å². The largest absolute Gasteiger partial charge is 0.396 e. The van der Waals surface area contributed by atoms with Gasteiger partial charge >= 0.3 is 0 Å². The van der Waals surface area contributed by atoms with Crippen LogP contribution in [0.1, 0.15) is 36.2 Å². The van der Waals surface area contributed by atoms with Gasteiger partial charge in [-0.3, -0.25) is 4.98 Å². The molecular weight excluding hydrogens is 238 g/mol. The van der Waals surface area contributed by atoms with Crippen LogP contribution in [-0.2, 0) is 0 Å². The first-order chi connectivity index (χ1) is 9.15. The van der Waals surface area contributed by atoms with E-state index in [2.05, 4.69) is 16.4 Å². The lowest BCUT2D eigenvalue weighted by Gasteiger charge is -2.19. The van der Waals surface area contributed by atoms with Gasteiger partial charge in [-0.25, -0.2) is 0 Å². The fraction of sp³-hybridized carbons (Fsp3) is 0.600. The van der Waals surface area contributed by atoms with Crippen molar-refractivity contribution in [2.75, 3.05) is 18.5 Å². The smallest absolute Gasteiger partial charge is 0.103 e. The molecule has 102 valence electrons. The van der Waals surface area contributed by atoms with E-state index in [0.29, 0.717) is 17.4 Å². The van der Waals surface area contributed by atoms with Gasteiger partial charge in [0, 0.05) is 18.8 Å². The summed E-state index contributed by atoms with van der Waals surface area (Å²) >= 11 is 0. The first-order valence-corrected chi connectivity index (χ1v) is 6.88. The number of hydrogen-bond acceptors (Lipinski definition) is 4. The Balaban J connectivity index is 2.09. The molecule has 1 aliphatic carbocycles. The molecule has 0 radical (unpaired) electrons. The number of aliphatic hydroxyl groups excluding tert-OH is 1. The van der Waals surface area contributed by atoms with Crippen molar-refractivity contribution >= 4 is 5.69 Å². The molecule has 2 unspecified atom stereocenters. The zero-order valence-electron chi connectivity index (χ0n) is 11.6. The predicted molar refractivity (Wildman–Crippen MR) is 74.8 cm³/mol. The number of aliphatic hydroxyl groups is 1. The molecule has 2 rings (SSSR count). The maximum absolute atomic E-state index is 9.33. The highest BCUT2D eigenvalue weighted by molar-refractivity contribution is 5.59. The molecule has 2 atom stereocenters. The molecule has 0 aromatic carbocycles. The maximum Gasteiger partial charge on any atom is 0.103 e. The number of nitrogens with zero attached hydrogens (tertiary/aromatic N) is 2. The third-order valence-corrected chi connectivity index (χ3v) is 4.05. The zero-order valence-corrected chi connectivity index (χ0v) is 11.6. The van der Waals surface area contributed by atoms with E-state index in [1.807, 2.05) is 19.9 Å². The predicted octanol–water partition coefficient (Wildman–Crippen LogP) is 2.39. The molecule has 0 bridgehead atoms. The number of aromatic nitrogens is 1. The van der Waals surface area contributed by atoms with Crippen LogP contribution in [0.5, 0.6) is 0 Å². The van der Waals surface area contributed by atoms with Gasteiger partial charge < -0.3 is 10.4 Å². The Morgan fingerprint density at radius 3 is 2.84 bits per heavy atom. The van der Waals surface area contributed by atoms with Crippen LogP contribution < -0.4 is 5.32 Å². The molecule has 1 aromatic heterocycles. The third-order valence-electron chi connectivity index (χ3n) is 4.05. The van der Waals surface area contributed by atoms with E-state index < -0.39 is 0 Å². The SMILES string of the molecule is Cc1cc(NCC2CCCC2CO)c(C#N)c(C)n1. The van der Waals surface area contributed by atoms with Gasteiger partial charge in [0.1, 0.15) is 6.07 Å². The molecule has 19 heavy (non-hydrogen) atoms. The molecule has 1 heterocycles. The number of nitriles is 1. The lowest BCUT2D eigenvalue weighted by Crippen LogP contribution is -2.21. The molecule has 0 aliphatic heterocycles. The summed E-state index contributed by atoms with van der Waals surface area (Å²) in [7, 11) is 0. The van der Waals surface area contributed by atoms with E-state index in [1.165, 1.54) is 6.42 Å². The van der Waals surface area contributed by atoms with Gasteiger partial charge in [-0.05, 0) is 44.6 Å². The Hall–Kier alpha value is -1.60. The van der Waals surface area contributed by atoms with Crippen molar-refractivity contribution in [2.45, 2.75) is 33.1 Å². The summed E-state index contributed by atoms with van der Waals surface area (Å²) in [4.78, 5) is 4.31. The van der Waals surface area contributed by atoms with Crippen molar-refractivity contribution in [3.8, 4) is 6.07 Å². The first kappa shape index (κ1) is 13.8. The normalized spacial score (nSPS) is 22.2. The van der Waals surface area contributed by atoms with Crippen molar-refractivity contribution in [2.24, 2.45) is 11.8 Å². The minimum absolute atomic E-state index is 0.270. The Kier molecular flexibility index (Phi) is 4.39. The van der Waals surface area contributed by atoms with Gasteiger partial charge in [-0.2, -0.15) is 5.26 Å². The summed E-state index contributed by atoms with van der Waals surface area (Å²) in [6.45, 7) is 4.89. The summed E-state index contributed by atoms with van der Waals surface area (Å²) in [6.07, 6.45) is 3.46. The van der Waals surface area contributed by atoms with E-state index in [4.69, 9.17) is 0 Å². The van der Waals surface area contributed by atoms with Crippen LogP contribution in [0.4, 0.5) is 5.69 Å². The summed E-state index contributed by atoms with van der Waals surface area (Å²) in [6, 6.07) is 4.14. The topological polar surface area (TPSA) is 68.9 Å². The van der Waals surface area contributed by atoms with Crippen molar-refractivity contribution in [3.63, 3.8) is 0 Å². The van der Waals surface area contributed by atoms with Gasteiger partial charge in [0.05, 0.1) is 16.9 Å². The fourth-order valence-corrected chi connectivity index (χ4v) is 2.97. The Morgan fingerprint density at radius 1 is 1.42 bits per heavy atom. The first-order valence-electron chi connectivity index (χ1n) is 6.88. The molecule has 1 saturated carbocycles. The number of aryl methyl sites for hydroxylation is 2. The van der Waals surface area contributed by atoms with Crippen LogP contribution in [0, 0.1) is 37.0 Å². The summed E-state index contributed by atoms with van der Waals surface area (Å²) in [5, 5.41) is 21.9. The molecule has 0 spiro atoms. The van der Waals surface area contributed by atoms with Gasteiger partial charge in [0.15, 0.2) is 0 Å². The van der Waals surface area contributed by atoms with E-state index in [1.54, 1.807) is 0 Å². The number of hydrogen-bond donors (Lipinski definition) is 2. The summed E-state index contributed by atoms with van der Waals surface area (Å²) in [5.41, 5.74) is 3.19. The van der Waals surface area contributed by atoms with Crippen molar-refractivity contribution in [1.29, 1.82) is 5.26 Å². The molecule has 1 aromatic rings. The van der Waals surface area contributed by atoms with E-state index in [0.717, 1.165) is 36.5 Å². The van der Waals surface area contributed by atoms with E-state index in [9.17, 15) is 10.4 Å². The standard InChI is InChI=1S/C15H21N3O/c1-10-6-15(14(7-16)11(2)18-10)17-8-12-4-3-5-13(12)9-19/h6,12-13,19H,3-5,8-9H2,1-2H3,(H,17,18). The van der Waals surface area contributed by atoms with Crippen LogP contribution in [-0.4, -0.2) is 23.2 Å². The minimum atomic E-state index is 0.270. The second kappa shape index (κ2) is 6.03. The fourth-order valence-electron chi connectivity index (χ4n) is 2.97. The summed E-state index contributed by atoms with van der Waals surface area (Å²) < 4.78 is 0. The molecule has 2 N–H and O–H groups in total. The monoisotopic (exact) mass is 259 g/mol. The molecule has 1 fully saturated rings. The lowest BCUT2D eigenvalue weighted by molar-refractivity contribution is 0.199. The molecule has 4 nitrogen and oxygen atoms in total. The highest BCUT2D eigenvalue weighted by Gasteiger charge is 2.26. The number of rotatable bonds is 4. The molecule has 1 aliphatic rings. The quantitative estimate of drug-likeness (QED) is 0.871. The van der Waals surface area contributed by atoms with Crippen molar-refractivity contribution < 1.29 is 5.11 Å². The Morgan fingerprint density at radius 2 is 2.16 bits per heavy atom. The van der Waals surface area contributed by atoms with Crippen molar-refractivity contribution in [1.82, 2.24) is 4.98 Å². The van der Waals surface area contributed by atoms with Crippen LogP contribution in [0.25, 0.3) is 0 Å². The summed E-state index contributed by atoms with van der Waals surface area (Å²) in [5.74, 6) is 0.910. The molecule has 0 amide bonds. The Bertz CT molecular complexity index is 493. The average molecular weight is 259 g/mol.